The number of hydrogen-bond donors (Lipinski definition) is 2. The number of carbonyl (C=O) groups excluding carboxylic acids is 1. The molecule has 15 heavy (non-hydrogen) atoms. The second-order valence-electron chi connectivity index (χ2n) is 5.04. The van der Waals surface area contributed by atoms with E-state index in [-0.39, 0.29) is 11.3 Å². The van der Waals surface area contributed by atoms with Gasteiger partial charge >= 0.3 is 5.97 Å². The van der Waals surface area contributed by atoms with Crippen molar-refractivity contribution in [3.8, 4) is 0 Å². The molecule has 2 N–H and O–H groups in total. The normalized spacial score (nSPS) is 13.3. The maximum atomic E-state index is 11.3. The fraction of sp³-hybridized carbons (Fsp3) is 0.818. The van der Waals surface area contributed by atoms with Crippen molar-refractivity contribution in [3.05, 3.63) is 0 Å². The zero-order valence-corrected chi connectivity index (χ0v) is 9.96. The van der Waals surface area contributed by atoms with Crippen molar-refractivity contribution < 1.29 is 14.7 Å². The van der Waals surface area contributed by atoms with Crippen LogP contribution in [0.15, 0.2) is 0 Å². The molecular weight excluding hydrogens is 194 g/mol. The summed E-state index contributed by atoms with van der Waals surface area (Å²) in [5.41, 5.74) is 0.221. The van der Waals surface area contributed by atoms with Crippen molar-refractivity contribution in [1.29, 1.82) is 0 Å². The molecule has 1 amide bonds. The number of carboxylic acids is 1. The molecule has 88 valence electrons. The minimum Gasteiger partial charge on any atom is -0.480 e. The molecule has 0 bridgehead atoms. The Hall–Kier alpha value is -1.06. The van der Waals surface area contributed by atoms with E-state index in [9.17, 15) is 9.59 Å². The summed E-state index contributed by atoms with van der Waals surface area (Å²) in [4.78, 5) is 21.7. The van der Waals surface area contributed by atoms with E-state index in [1.807, 2.05) is 0 Å². The van der Waals surface area contributed by atoms with E-state index in [0.29, 0.717) is 6.42 Å². The van der Waals surface area contributed by atoms with Crippen LogP contribution in [0, 0.1) is 5.41 Å². The number of carboxylic acid groups (broad SMARTS) is 1. The zero-order chi connectivity index (χ0) is 12.1. The molecule has 0 saturated heterocycles. The van der Waals surface area contributed by atoms with Gasteiger partial charge in [-0.2, -0.15) is 0 Å². The van der Waals surface area contributed by atoms with Crippen LogP contribution >= 0.6 is 0 Å². The van der Waals surface area contributed by atoms with Crippen LogP contribution in [0.5, 0.6) is 0 Å². The summed E-state index contributed by atoms with van der Waals surface area (Å²) >= 11 is 0. The zero-order valence-electron chi connectivity index (χ0n) is 9.96. The van der Waals surface area contributed by atoms with E-state index in [4.69, 9.17) is 5.11 Å². The molecule has 0 fully saturated rings. The number of rotatable bonds is 5. The van der Waals surface area contributed by atoms with E-state index in [1.165, 1.54) is 6.92 Å². The highest BCUT2D eigenvalue weighted by atomic mass is 16.4. The minimum absolute atomic E-state index is 0.186. The third-order valence-corrected chi connectivity index (χ3v) is 2.08. The Balaban J connectivity index is 3.72. The summed E-state index contributed by atoms with van der Waals surface area (Å²) in [6.45, 7) is 7.81. The van der Waals surface area contributed by atoms with Crippen LogP contribution in [-0.2, 0) is 9.59 Å². The van der Waals surface area contributed by atoms with Gasteiger partial charge in [-0.15, -0.1) is 0 Å². The van der Waals surface area contributed by atoms with Crippen molar-refractivity contribution in [2.45, 2.75) is 53.0 Å². The monoisotopic (exact) mass is 215 g/mol. The van der Waals surface area contributed by atoms with E-state index >= 15 is 0 Å². The topological polar surface area (TPSA) is 66.4 Å². The first-order chi connectivity index (χ1) is 6.72. The van der Waals surface area contributed by atoms with E-state index in [2.05, 4.69) is 26.1 Å². The van der Waals surface area contributed by atoms with Gasteiger partial charge in [0.2, 0.25) is 5.91 Å². The van der Waals surface area contributed by atoms with Crippen LogP contribution < -0.4 is 5.32 Å². The molecule has 0 spiro atoms. The lowest BCUT2D eigenvalue weighted by Crippen LogP contribution is -2.38. The molecule has 0 heterocycles. The average molecular weight is 215 g/mol. The van der Waals surface area contributed by atoms with Crippen molar-refractivity contribution in [2.75, 3.05) is 0 Å². The van der Waals surface area contributed by atoms with Gasteiger partial charge in [0.05, 0.1) is 0 Å². The first-order valence-electron chi connectivity index (χ1n) is 5.24. The molecule has 0 unspecified atom stereocenters. The smallest absolute Gasteiger partial charge is 0.325 e. The molecule has 0 aliphatic heterocycles. The molecule has 4 nitrogen and oxygen atoms in total. The molecule has 0 aliphatic carbocycles. The molecule has 4 heteroatoms. The maximum Gasteiger partial charge on any atom is 0.325 e. The second kappa shape index (κ2) is 5.73. The molecule has 0 aromatic heterocycles. The molecule has 0 aliphatic rings. The third-order valence-electron chi connectivity index (χ3n) is 2.08. The number of hydrogen-bond acceptors (Lipinski definition) is 2. The Bertz CT molecular complexity index is 230. The summed E-state index contributed by atoms with van der Waals surface area (Å²) < 4.78 is 0. The van der Waals surface area contributed by atoms with Gasteiger partial charge in [-0.05, 0) is 25.2 Å². The SMILES string of the molecule is C[C@@H](NC(=O)CCCC(C)(C)C)C(=O)O. The van der Waals surface area contributed by atoms with Crippen LogP contribution in [0.3, 0.4) is 0 Å². The Kier molecular flexibility index (Phi) is 5.33. The highest BCUT2D eigenvalue weighted by Crippen LogP contribution is 2.21. The minimum atomic E-state index is -1.00. The van der Waals surface area contributed by atoms with Crippen molar-refractivity contribution in [3.63, 3.8) is 0 Å². The van der Waals surface area contributed by atoms with Crippen molar-refractivity contribution >= 4 is 11.9 Å². The van der Waals surface area contributed by atoms with Gasteiger partial charge in [-0.1, -0.05) is 20.8 Å². The predicted octanol–water partition coefficient (Wildman–Crippen LogP) is 1.79. The predicted molar refractivity (Wildman–Crippen MR) is 58.5 cm³/mol. The number of amides is 1. The number of carbonyl (C=O) groups is 2. The summed E-state index contributed by atoms with van der Waals surface area (Å²) in [7, 11) is 0. The molecule has 0 aromatic carbocycles. The first-order valence-corrected chi connectivity index (χ1v) is 5.24. The van der Waals surface area contributed by atoms with E-state index in [0.717, 1.165) is 12.8 Å². The second-order valence-corrected chi connectivity index (χ2v) is 5.04. The third kappa shape index (κ3) is 7.97. The number of aliphatic carboxylic acids is 1. The van der Waals surface area contributed by atoms with Crippen molar-refractivity contribution in [2.24, 2.45) is 5.41 Å². The van der Waals surface area contributed by atoms with Gasteiger partial charge in [0.15, 0.2) is 0 Å². The van der Waals surface area contributed by atoms with E-state index in [1.54, 1.807) is 0 Å². The van der Waals surface area contributed by atoms with Crippen LogP contribution in [0.4, 0.5) is 0 Å². The molecule has 0 saturated carbocycles. The Morgan fingerprint density at radius 2 is 1.87 bits per heavy atom. The summed E-state index contributed by atoms with van der Waals surface area (Å²) in [6, 6.07) is -0.799. The Morgan fingerprint density at radius 1 is 1.33 bits per heavy atom. The van der Waals surface area contributed by atoms with Gasteiger partial charge in [-0.25, -0.2) is 0 Å². The molecule has 0 rings (SSSR count). The van der Waals surface area contributed by atoms with Gasteiger partial charge in [-0.3, -0.25) is 9.59 Å². The standard InChI is InChI=1S/C11H21NO3/c1-8(10(14)15)12-9(13)6-5-7-11(2,3)4/h8H,5-7H2,1-4H3,(H,12,13)(H,14,15)/t8-/m1/s1. The largest absolute Gasteiger partial charge is 0.480 e. The summed E-state index contributed by atoms with van der Waals surface area (Å²) in [6.07, 6.45) is 2.15. The van der Waals surface area contributed by atoms with Gasteiger partial charge < -0.3 is 10.4 Å². The fourth-order valence-electron chi connectivity index (χ4n) is 1.15. The molecular formula is C11H21NO3. The van der Waals surface area contributed by atoms with Crippen molar-refractivity contribution in [1.82, 2.24) is 5.32 Å². The van der Waals surface area contributed by atoms with Crippen LogP contribution in [0.2, 0.25) is 0 Å². The lowest BCUT2D eigenvalue weighted by atomic mass is 9.90. The molecule has 1 atom stereocenters. The quantitative estimate of drug-likeness (QED) is 0.734. The van der Waals surface area contributed by atoms with Crippen LogP contribution in [-0.4, -0.2) is 23.0 Å². The van der Waals surface area contributed by atoms with Gasteiger partial charge in [0.1, 0.15) is 6.04 Å². The highest BCUT2D eigenvalue weighted by molar-refractivity contribution is 5.83. The average Bonchev–Trinajstić information content (AvgIpc) is 2.01. The summed E-state index contributed by atoms with van der Waals surface area (Å²) in [5.74, 6) is -1.19. The van der Waals surface area contributed by atoms with Gasteiger partial charge in [0, 0.05) is 6.42 Å². The van der Waals surface area contributed by atoms with E-state index < -0.39 is 12.0 Å². The number of nitrogens with one attached hydrogen (secondary N) is 1. The lowest BCUT2D eigenvalue weighted by Gasteiger charge is -2.17. The fourth-order valence-corrected chi connectivity index (χ4v) is 1.15. The maximum absolute atomic E-state index is 11.3. The van der Waals surface area contributed by atoms with Crippen LogP contribution in [0.25, 0.3) is 0 Å². The van der Waals surface area contributed by atoms with Crippen LogP contribution in [0.1, 0.15) is 47.0 Å². The summed E-state index contributed by atoms with van der Waals surface area (Å²) in [5, 5.41) is 11.0. The Morgan fingerprint density at radius 3 is 2.27 bits per heavy atom. The first kappa shape index (κ1) is 13.9. The molecule has 0 aromatic rings. The molecule has 0 radical (unpaired) electrons. The van der Waals surface area contributed by atoms with Gasteiger partial charge in [0.25, 0.3) is 0 Å². The Labute approximate surface area is 91.1 Å². The highest BCUT2D eigenvalue weighted by Gasteiger charge is 2.15. The lowest BCUT2D eigenvalue weighted by molar-refractivity contribution is -0.141.